The van der Waals surface area contributed by atoms with Gasteiger partial charge in [-0.05, 0) is 73.1 Å². The van der Waals surface area contributed by atoms with Gasteiger partial charge in [-0.1, -0.05) is 29.3 Å². The number of thioether (sulfide) groups is 1. The number of carbonyl (C=O) groups is 1. The molecule has 3 aromatic rings. The van der Waals surface area contributed by atoms with Crippen molar-refractivity contribution in [3.63, 3.8) is 0 Å². The molecule has 0 saturated carbocycles. The molecular weight excluding hydrogens is 470 g/mol. The smallest absolute Gasteiger partial charge is 0.250 e. The summed E-state index contributed by atoms with van der Waals surface area (Å²) < 4.78 is 3.13. The third kappa shape index (κ3) is 5.32. The van der Waals surface area contributed by atoms with Crippen molar-refractivity contribution < 1.29 is 4.79 Å². The molecule has 1 aromatic heterocycles. The fourth-order valence-electron chi connectivity index (χ4n) is 2.94. The first-order valence-corrected chi connectivity index (χ1v) is 11.2. The van der Waals surface area contributed by atoms with Gasteiger partial charge in [0.2, 0.25) is 5.91 Å². The van der Waals surface area contributed by atoms with Gasteiger partial charge in [-0.2, -0.15) is 5.10 Å². The van der Waals surface area contributed by atoms with Crippen molar-refractivity contribution >= 4 is 51.4 Å². The zero-order chi connectivity index (χ0) is 21.0. The van der Waals surface area contributed by atoms with Crippen LogP contribution in [-0.4, -0.2) is 22.4 Å². The number of halogens is 2. The normalized spacial score (nSPS) is 11.2. The van der Waals surface area contributed by atoms with Crippen LogP contribution in [0.15, 0.2) is 63.0 Å². The number of hydrogen-bond donors (Lipinski definition) is 1. The highest BCUT2D eigenvalue weighted by Gasteiger charge is 2.15. The van der Waals surface area contributed by atoms with Gasteiger partial charge in [-0.15, -0.1) is 11.8 Å². The molecule has 2 aromatic carbocycles. The van der Waals surface area contributed by atoms with Crippen LogP contribution in [0.2, 0.25) is 5.02 Å². The number of carbonyl (C=O) groups excluding carboxylic acids is 1. The molecule has 0 atom stereocenters. The summed E-state index contributed by atoms with van der Waals surface area (Å²) in [5.41, 5.74) is 7.97. The summed E-state index contributed by atoms with van der Waals surface area (Å²) in [6.07, 6.45) is 1.68. The maximum Gasteiger partial charge on any atom is 0.250 e. The maximum atomic E-state index is 12.1. The van der Waals surface area contributed by atoms with Crippen LogP contribution in [0.25, 0.3) is 5.69 Å². The fraction of sp³-hybridized carbons (Fsp3) is 0.182. The van der Waals surface area contributed by atoms with Crippen molar-refractivity contribution in [3.05, 3.63) is 80.5 Å². The second-order valence-electron chi connectivity index (χ2n) is 6.61. The van der Waals surface area contributed by atoms with Gasteiger partial charge < -0.3 is 4.57 Å². The Balaban J connectivity index is 1.67. The number of aromatic nitrogens is 1. The first-order chi connectivity index (χ1) is 13.9. The van der Waals surface area contributed by atoms with E-state index >= 15 is 0 Å². The van der Waals surface area contributed by atoms with E-state index in [4.69, 9.17) is 11.6 Å². The standard InChI is InChI=1S/C22H21BrClN3OS/c1-14-4-8-18(9-5-14)27-15(2)20(22(23)16(27)3)12-25-26-21(28)13-29-19-10-6-17(24)7-11-19/h4-12H,13H2,1-3H3,(H,26,28)/b25-12-. The zero-order valence-corrected chi connectivity index (χ0v) is 19.5. The van der Waals surface area contributed by atoms with Gasteiger partial charge in [0.05, 0.1) is 12.0 Å². The quantitative estimate of drug-likeness (QED) is 0.259. The lowest BCUT2D eigenvalue weighted by molar-refractivity contribution is -0.118. The lowest BCUT2D eigenvalue weighted by atomic mass is 10.2. The highest BCUT2D eigenvalue weighted by Crippen LogP contribution is 2.29. The van der Waals surface area contributed by atoms with E-state index in [2.05, 4.69) is 69.1 Å². The highest BCUT2D eigenvalue weighted by molar-refractivity contribution is 9.10. The lowest BCUT2D eigenvalue weighted by Crippen LogP contribution is -2.19. The number of amides is 1. The summed E-state index contributed by atoms with van der Waals surface area (Å²) in [5, 5.41) is 4.83. The fourth-order valence-corrected chi connectivity index (χ4v) is 4.32. The summed E-state index contributed by atoms with van der Waals surface area (Å²) in [4.78, 5) is 13.1. The van der Waals surface area contributed by atoms with Gasteiger partial charge in [0, 0.05) is 37.0 Å². The number of nitrogens with zero attached hydrogens (tertiary/aromatic N) is 2. The molecule has 1 heterocycles. The van der Waals surface area contributed by atoms with Gasteiger partial charge in [0.15, 0.2) is 0 Å². The van der Waals surface area contributed by atoms with Crippen LogP contribution < -0.4 is 5.43 Å². The Hall–Kier alpha value is -2.02. The van der Waals surface area contributed by atoms with Gasteiger partial charge in [0.25, 0.3) is 0 Å². The highest BCUT2D eigenvalue weighted by atomic mass is 79.9. The number of hydrazone groups is 1. The Bertz CT molecular complexity index is 1040. The third-order valence-electron chi connectivity index (χ3n) is 4.47. The van der Waals surface area contributed by atoms with Crippen LogP contribution >= 0.6 is 39.3 Å². The van der Waals surface area contributed by atoms with E-state index < -0.39 is 0 Å². The van der Waals surface area contributed by atoms with Crippen molar-refractivity contribution in [3.8, 4) is 5.69 Å². The molecule has 0 aliphatic heterocycles. The third-order valence-corrected chi connectivity index (χ3v) is 6.74. The number of aryl methyl sites for hydroxylation is 1. The Morgan fingerprint density at radius 1 is 1.10 bits per heavy atom. The van der Waals surface area contributed by atoms with E-state index in [1.165, 1.54) is 17.3 Å². The predicted octanol–water partition coefficient (Wildman–Crippen LogP) is 6.06. The molecule has 4 nitrogen and oxygen atoms in total. The summed E-state index contributed by atoms with van der Waals surface area (Å²) in [7, 11) is 0. The van der Waals surface area contributed by atoms with Crippen molar-refractivity contribution in [2.45, 2.75) is 25.7 Å². The molecule has 0 aliphatic carbocycles. The van der Waals surface area contributed by atoms with Crippen LogP contribution in [0.4, 0.5) is 0 Å². The van der Waals surface area contributed by atoms with Crippen molar-refractivity contribution in [2.24, 2.45) is 5.10 Å². The molecule has 3 rings (SSSR count). The SMILES string of the molecule is Cc1ccc(-n2c(C)c(Br)c(/C=N\NC(=O)CSc3ccc(Cl)cc3)c2C)cc1. The molecule has 0 unspecified atom stereocenters. The summed E-state index contributed by atoms with van der Waals surface area (Å²) in [5.74, 6) is 0.118. The number of nitrogens with one attached hydrogen (secondary N) is 1. The lowest BCUT2D eigenvalue weighted by Gasteiger charge is -2.09. The van der Waals surface area contributed by atoms with Crippen LogP contribution in [-0.2, 0) is 4.79 Å². The molecule has 0 radical (unpaired) electrons. The number of rotatable bonds is 6. The van der Waals surface area contributed by atoms with Crippen LogP contribution in [0.1, 0.15) is 22.5 Å². The Morgan fingerprint density at radius 3 is 2.41 bits per heavy atom. The topological polar surface area (TPSA) is 46.4 Å². The van der Waals surface area contributed by atoms with Gasteiger partial charge in [-0.3, -0.25) is 4.79 Å². The minimum absolute atomic E-state index is 0.162. The Labute approximate surface area is 188 Å². The largest absolute Gasteiger partial charge is 0.317 e. The van der Waals surface area contributed by atoms with Crippen LogP contribution in [0.3, 0.4) is 0 Å². The second kappa shape index (κ2) is 9.65. The van der Waals surface area contributed by atoms with Gasteiger partial charge in [-0.25, -0.2) is 5.43 Å². The Morgan fingerprint density at radius 2 is 1.76 bits per heavy atom. The monoisotopic (exact) mass is 489 g/mol. The first kappa shape index (κ1) is 21.7. The van der Waals surface area contributed by atoms with Crippen molar-refractivity contribution in [1.82, 2.24) is 9.99 Å². The molecular formula is C22H21BrClN3OS. The van der Waals surface area contributed by atoms with E-state index in [9.17, 15) is 4.79 Å². The molecule has 0 saturated heterocycles. The molecule has 1 N–H and O–H groups in total. The van der Waals surface area contributed by atoms with E-state index in [-0.39, 0.29) is 11.7 Å². The van der Waals surface area contributed by atoms with Crippen LogP contribution in [0, 0.1) is 20.8 Å². The molecule has 29 heavy (non-hydrogen) atoms. The molecule has 150 valence electrons. The van der Waals surface area contributed by atoms with Crippen molar-refractivity contribution in [1.29, 1.82) is 0 Å². The van der Waals surface area contributed by atoms with E-state index in [0.29, 0.717) is 5.02 Å². The zero-order valence-electron chi connectivity index (χ0n) is 16.4. The average molecular weight is 491 g/mol. The summed E-state index contributed by atoms with van der Waals surface area (Å²) in [6, 6.07) is 15.8. The van der Waals surface area contributed by atoms with E-state index in [1.54, 1.807) is 18.3 Å². The summed E-state index contributed by atoms with van der Waals surface area (Å²) in [6.45, 7) is 6.16. The minimum Gasteiger partial charge on any atom is -0.317 e. The molecule has 0 spiro atoms. The number of benzene rings is 2. The maximum absolute atomic E-state index is 12.1. The second-order valence-corrected chi connectivity index (χ2v) is 8.88. The predicted molar refractivity (Wildman–Crippen MR) is 126 cm³/mol. The Kier molecular flexibility index (Phi) is 7.22. The molecule has 0 fully saturated rings. The van der Waals surface area contributed by atoms with E-state index in [0.717, 1.165) is 32.0 Å². The minimum atomic E-state index is -0.162. The van der Waals surface area contributed by atoms with Gasteiger partial charge in [0.1, 0.15) is 0 Å². The molecule has 0 aliphatic rings. The summed E-state index contributed by atoms with van der Waals surface area (Å²) >= 11 is 11.0. The molecule has 1 amide bonds. The van der Waals surface area contributed by atoms with Gasteiger partial charge >= 0.3 is 0 Å². The average Bonchev–Trinajstić information content (AvgIpc) is 2.91. The van der Waals surface area contributed by atoms with Crippen LogP contribution in [0.5, 0.6) is 0 Å². The molecule has 7 heteroatoms. The first-order valence-electron chi connectivity index (χ1n) is 9.01. The van der Waals surface area contributed by atoms with E-state index in [1.807, 2.05) is 19.1 Å². The van der Waals surface area contributed by atoms with Crippen molar-refractivity contribution in [2.75, 3.05) is 5.75 Å². The molecule has 0 bridgehead atoms. The number of hydrogen-bond acceptors (Lipinski definition) is 3.